The van der Waals surface area contributed by atoms with E-state index in [1.807, 2.05) is 12.1 Å². The number of esters is 2. The van der Waals surface area contributed by atoms with Crippen LogP contribution in [0.4, 0.5) is 0 Å². The van der Waals surface area contributed by atoms with Gasteiger partial charge in [0.05, 0.1) is 11.8 Å². The van der Waals surface area contributed by atoms with Crippen LogP contribution in [0.25, 0.3) is 0 Å². The number of benzene rings is 1. The SMILES string of the molecule is CC(C)C(=O)OCC(O)(COC(=O)C(C)C)c1ccc(C(C)(C)C)cc1. The molecule has 1 aromatic carbocycles. The first-order valence-corrected chi connectivity index (χ1v) is 9.03. The Balaban J connectivity index is 3.05. The molecule has 5 heteroatoms. The Morgan fingerprint density at radius 2 is 1.19 bits per heavy atom. The molecule has 26 heavy (non-hydrogen) atoms. The molecule has 0 aliphatic carbocycles. The van der Waals surface area contributed by atoms with Gasteiger partial charge in [-0.15, -0.1) is 0 Å². The Labute approximate surface area is 156 Å². The molecule has 1 aromatic rings. The predicted octanol–water partition coefficient (Wildman–Crippen LogP) is 3.57. The van der Waals surface area contributed by atoms with Crippen LogP contribution in [0.5, 0.6) is 0 Å². The number of carbonyl (C=O) groups is 2. The summed E-state index contributed by atoms with van der Waals surface area (Å²) in [6.07, 6.45) is 0. The van der Waals surface area contributed by atoms with Crippen LogP contribution in [0.2, 0.25) is 0 Å². The number of ether oxygens (including phenoxy) is 2. The normalized spacial score (nSPS) is 12.4. The van der Waals surface area contributed by atoms with E-state index in [4.69, 9.17) is 9.47 Å². The maximum atomic E-state index is 11.8. The lowest BCUT2D eigenvalue weighted by Gasteiger charge is -2.29. The summed E-state index contributed by atoms with van der Waals surface area (Å²) in [7, 11) is 0. The molecule has 0 bridgehead atoms. The first kappa shape index (κ1) is 22.2. The van der Waals surface area contributed by atoms with Crippen LogP contribution in [0.15, 0.2) is 24.3 Å². The van der Waals surface area contributed by atoms with E-state index in [9.17, 15) is 14.7 Å². The maximum Gasteiger partial charge on any atom is 0.308 e. The van der Waals surface area contributed by atoms with Gasteiger partial charge in [0.15, 0.2) is 5.60 Å². The fraction of sp³-hybridized carbons (Fsp3) is 0.619. The number of hydrogen-bond acceptors (Lipinski definition) is 5. The minimum Gasteiger partial charge on any atom is -0.462 e. The average Bonchev–Trinajstić information content (AvgIpc) is 2.56. The molecule has 146 valence electrons. The molecule has 0 aromatic heterocycles. The van der Waals surface area contributed by atoms with Crippen LogP contribution in [0.1, 0.15) is 59.6 Å². The standard InChI is InChI=1S/C21H32O5/c1-14(2)18(22)25-12-21(24,13-26-19(23)15(3)4)17-10-8-16(9-11-17)20(5,6)7/h8-11,14-15,24H,12-13H2,1-7H3. The zero-order valence-electron chi connectivity index (χ0n) is 17.0. The van der Waals surface area contributed by atoms with Crippen LogP contribution in [0.3, 0.4) is 0 Å². The zero-order valence-corrected chi connectivity index (χ0v) is 17.0. The number of hydrogen-bond donors (Lipinski definition) is 1. The molecule has 0 aliphatic rings. The molecular weight excluding hydrogens is 332 g/mol. The van der Waals surface area contributed by atoms with Crippen molar-refractivity contribution >= 4 is 11.9 Å². The molecule has 1 rings (SSSR count). The summed E-state index contributed by atoms with van der Waals surface area (Å²) < 4.78 is 10.5. The Morgan fingerprint density at radius 3 is 1.50 bits per heavy atom. The molecule has 1 N–H and O–H groups in total. The highest BCUT2D eigenvalue weighted by molar-refractivity contribution is 5.72. The summed E-state index contributed by atoms with van der Waals surface area (Å²) >= 11 is 0. The van der Waals surface area contributed by atoms with Gasteiger partial charge in [-0.3, -0.25) is 9.59 Å². The van der Waals surface area contributed by atoms with E-state index in [-0.39, 0.29) is 30.5 Å². The highest BCUT2D eigenvalue weighted by Crippen LogP contribution is 2.28. The fourth-order valence-electron chi connectivity index (χ4n) is 2.20. The smallest absolute Gasteiger partial charge is 0.308 e. The molecule has 0 fully saturated rings. The minimum absolute atomic E-state index is 0.0230. The summed E-state index contributed by atoms with van der Waals surface area (Å²) in [6.45, 7) is 12.6. The molecule has 0 unspecified atom stereocenters. The van der Waals surface area contributed by atoms with Crippen molar-refractivity contribution in [2.75, 3.05) is 13.2 Å². The monoisotopic (exact) mass is 364 g/mol. The van der Waals surface area contributed by atoms with Gasteiger partial charge in [-0.05, 0) is 16.5 Å². The molecule has 0 aliphatic heterocycles. The Bertz CT molecular complexity index is 584. The van der Waals surface area contributed by atoms with Gasteiger partial charge in [-0.1, -0.05) is 72.7 Å². The molecule has 0 saturated carbocycles. The quantitative estimate of drug-likeness (QED) is 0.749. The average molecular weight is 364 g/mol. The van der Waals surface area contributed by atoms with Crippen LogP contribution in [-0.4, -0.2) is 30.3 Å². The first-order chi connectivity index (χ1) is 11.9. The summed E-state index contributed by atoms with van der Waals surface area (Å²) in [5, 5.41) is 11.1. The molecular formula is C21H32O5. The van der Waals surface area contributed by atoms with Gasteiger partial charge < -0.3 is 14.6 Å². The van der Waals surface area contributed by atoms with Gasteiger partial charge >= 0.3 is 11.9 Å². The van der Waals surface area contributed by atoms with Crippen LogP contribution >= 0.6 is 0 Å². The van der Waals surface area contributed by atoms with Crippen molar-refractivity contribution in [3.8, 4) is 0 Å². The van der Waals surface area contributed by atoms with Crippen LogP contribution in [-0.2, 0) is 30.1 Å². The number of carbonyl (C=O) groups excluding carboxylic acids is 2. The van der Waals surface area contributed by atoms with E-state index in [0.29, 0.717) is 5.56 Å². The second kappa shape index (κ2) is 8.67. The number of rotatable bonds is 7. The topological polar surface area (TPSA) is 72.8 Å². The highest BCUT2D eigenvalue weighted by Gasteiger charge is 2.34. The van der Waals surface area contributed by atoms with Gasteiger partial charge in [-0.25, -0.2) is 0 Å². The van der Waals surface area contributed by atoms with Gasteiger partial charge in [0.25, 0.3) is 0 Å². The van der Waals surface area contributed by atoms with E-state index in [1.54, 1.807) is 39.8 Å². The third-order valence-electron chi connectivity index (χ3n) is 4.14. The summed E-state index contributed by atoms with van der Waals surface area (Å²) in [5.41, 5.74) is 0.0386. The lowest BCUT2D eigenvalue weighted by atomic mass is 9.85. The lowest BCUT2D eigenvalue weighted by Crippen LogP contribution is -2.39. The van der Waals surface area contributed by atoms with Crippen LogP contribution < -0.4 is 0 Å². The second-order valence-corrected chi connectivity index (χ2v) is 8.38. The Kier molecular flexibility index (Phi) is 7.39. The molecule has 5 nitrogen and oxygen atoms in total. The Morgan fingerprint density at radius 1 is 0.846 bits per heavy atom. The molecule has 0 radical (unpaired) electrons. The van der Waals surface area contributed by atoms with Crippen LogP contribution in [0, 0.1) is 11.8 Å². The summed E-state index contributed by atoms with van der Waals surface area (Å²) in [4.78, 5) is 23.6. The van der Waals surface area contributed by atoms with Crippen molar-refractivity contribution < 1.29 is 24.2 Å². The predicted molar refractivity (Wildman–Crippen MR) is 101 cm³/mol. The van der Waals surface area contributed by atoms with E-state index in [2.05, 4.69) is 20.8 Å². The van der Waals surface area contributed by atoms with E-state index in [1.165, 1.54) is 0 Å². The van der Waals surface area contributed by atoms with E-state index in [0.717, 1.165) is 5.56 Å². The first-order valence-electron chi connectivity index (χ1n) is 9.03. The minimum atomic E-state index is -1.59. The zero-order chi connectivity index (χ0) is 20.1. The largest absolute Gasteiger partial charge is 0.462 e. The van der Waals surface area contributed by atoms with E-state index >= 15 is 0 Å². The van der Waals surface area contributed by atoms with Crippen molar-refractivity contribution in [3.63, 3.8) is 0 Å². The van der Waals surface area contributed by atoms with Gasteiger partial charge in [0.2, 0.25) is 0 Å². The van der Waals surface area contributed by atoms with Gasteiger partial charge in [0, 0.05) is 0 Å². The molecule has 0 heterocycles. The molecule has 0 amide bonds. The second-order valence-electron chi connectivity index (χ2n) is 8.38. The summed E-state index contributed by atoms with van der Waals surface area (Å²) in [6, 6.07) is 7.42. The summed E-state index contributed by atoms with van der Waals surface area (Å²) in [5.74, 6) is -1.43. The van der Waals surface area contributed by atoms with Gasteiger partial charge in [-0.2, -0.15) is 0 Å². The van der Waals surface area contributed by atoms with Crippen molar-refractivity contribution in [1.82, 2.24) is 0 Å². The molecule has 0 atom stereocenters. The van der Waals surface area contributed by atoms with E-state index < -0.39 is 17.5 Å². The lowest BCUT2D eigenvalue weighted by molar-refractivity contribution is -0.168. The van der Waals surface area contributed by atoms with Crippen molar-refractivity contribution in [3.05, 3.63) is 35.4 Å². The number of aliphatic hydroxyl groups is 1. The van der Waals surface area contributed by atoms with Crippen molar-refractivity contribution in [2.45, 2.75) is 59.5 Å². The van der Waals surface area contributed by atoms with Gasteiger partial charge in [0.1, 0.15) is 13.2 Å². The Hall–Kier alpha value is -1.88. The fourth-order valence-corrected chi connectivity index (χ4v) is 2.20. The third kappa shape index (κ3) is 6.13. The highest BCUT2D eigenvalue weighted by atomic mass is 16.6. The van der Waals surface area contributed by atoms with Crippen molar-refractivity contribution in [2.24, 2.45) is 11.8 Å². The van der Waals surface area contributed by atoms with Crippen molar-refractivity contribution in [1.29, 1.82) is 0 Å². The third-order valence-corrected chi connectivity index (χ3v) is 4.14. The maximum absolute atomic E-state index is 11.8. The molecule has 0 saturated heterocycles. The molecule has 0 spiro atoms.